The lowest BCUT2D eigenvalue weighted by molar-refractivity contribution is 0.0698. The van der Waals surface area contributed by atoms with E-state index in [2.05, 4.69) is 0 Å². The summed E-state index contributed by atoms with van der Waals surface area (Å²) in [5.74, 6) is -1.11. The van der Waals surface area contributed by atoms with Gasteiger partial charge in [-0.2, -0.15) is 0 Å². The Bertz CT molecular complexity index is 393. The van der Waals surface area contributed by atoms with Gasteiger partial charge in [0.25, 0.3) is 0 Å². The molecule has 6 heteroatoms. The number of benzene rings is 1. The molecule has 0 heterocycles. The molecule has 76 valence electrons. The van der Waals surface area contributed by atoms with Crippen molar-refractivity contribution in [3.63, 3.8) is 0 Å². The molecule has 0 atom stereocenters. The summed E-state index contributed by atoms with van der Waals surface area (Å²) in [5, 5.41) is 8.88. The molecule has 14 heavy (non-hydrogen) atoms. The molecule has 0 aliphatic carbocycles. The molecule has 0 saturated heterocycles. The van der Waals surface area contributed by atoms with Crippen LogP contribution in [-0.2, 0) is 0 Å². The lowest BCUT2D eigenvalue weighted by Crippen LogP contribution is -2.04. The van der Waals surface area contributed by atoms with Gasteiger partial charge in [0.05, 0.1) is 12.1 Å². The zero-order chi connectivity index (χ0) is 10.9. The van der Waals surface area contributed by atoms with E-state index >= 15 is 0 Å². The molecule has 0 unspecified atom stereocenters. The van der Waals surface area contributed by atoms with Crippen LogP contribution in [0.15, 0.2) is 6.07 Å². The summed E-state index contributed by atoms with van der Waals surface area (Å²) in [4.78, 5) is 10.8. The van der Waals surface area contributed by atoms with Crippen LogP contribution in [0.2, 0.25) is 10.0 Å². The van der Waals surface area contributed by atoms with Crippen molar-refractivity contribution in [2.45, 2.75) is 0 Å². The number of hydrogen-bond acceptors (Lipinski definition) is 3. The third kappa shape index (κ3) is 1.71. The summed E-state index contributed by atoms with van der Waals surface area (Å²) >= 11 is 11.5. The van der Waals surface area contributed by atoms with E-state index in [1.165, 1.54) is 13.2 Å². The number of ether oxygens (including phenoxy) is 1. The first kappa shape index (κ1) is 10.9. The number of aromatic carboxylic acids is 1. The van der Waals surface area contributed by atoms with E-state index in [9.17, 15) is 4.79 Å². The molecule has 0 saturated carbocycles. The largest absolute Gasteiger partial charge is 0.494 e. The molecule has 1 aromatic rings. The van der Waals surface area contributed by atoms with Crippen molar-refractivity contribution in [3.8, 4) is 5.75 Å². The third-order valence-corrected chi connectivity index (χ3v) is 2.27. The fraction of sp³-hybridized carbons (Fsp3) is 0.125. The molecular weight excluding hydrogens is 229 g/mol. The summed E-state index contributed by atoms with van der Waals surface area (Å²) < 4.78 is 4.84. The second-order valence-electron chi connectivity index (χ2n) is 2.48. The van der Waals surface area contributed by atoms with Gasteiger partial charge in [0.2, 0.25) is 0 Å². The van der Waals surface area contributed by atoms with Crippen LogP contribution in [0.1, 0.15) is 10.4 Å². The van der Waals surface area contributed by atoms with E-state index < -0.39 is 5.97 Å². The standard InChI is InChI=1S/C8H7Cl2NO3/c1-14-7-3(9)2-4(11)5(6(7)10)8(12)13/h2H,11H2,1H3,(H,12,13). The molecule has 0 spiro atoms. The maximum atomic E-state index is 10.8. The van der Waals surface area contributed by atoms with Gasteiger partial charge in [0, 0.05) is 5.69 Å². The van der Waals surface area contributed by atoms with E-state index in [-0.39, 0.29) is 27.0 Å². The van der Waals surface area contributed by atoms with Crippen LogP contribution in [0.4, 0.5) is 5.69 Å². The average molecular weight is 236 g/mol. The molecule has 0 aliphatic heterocycles. The number of carbonyl (C=O) groups is 1. The number of halogens is 2. The fourth-order valence-corrected chi connectivity index (χ4v) is 1.73. The number of nitrogens with two attached hydrogens (primary N) is 1. The first-order chi connectivity index (χ1) is 6.49. The Kier molecular flexibility index (Phi) is 3.08. The van der Waals surface area contributed by atoms with Crippen LogP contribution in [0.5, 0.6) is 5.75 Å². The minimum absolute atomic E-state index is 0.00769. The molecular formula is C8H7Cl2NO3. The molecule has 0 fully saturated rings. The van der Waals surface area contributed by atoms with Crippen molar-refractivity contribution < 1.29 is 14.6 Å². The van der Waals surface area contributed by atoms with Crippen molar-refractivity contribution in [1.82, 2.24) is 0 Å². The first-order valence-corrected chi connectivity index (χ1v) is 4.29. The van der Waals surface area contributed by atoms with Gasteiger partial charge in [0.15, 0.2) is 5.75 Å². The Morgan fingerprint density at radius 1 is 1.57 bits per heavy atom. The van der Waals surface area contributed by atoms with Crippen LogP contribution in [-0.4, -0.2) is 18.2 Å². The van der Waals surface area contributed by atoms with Crippen molar-refractivity contribution in [3.05, 3.63) is 21.7 Å². The molecule has 1 rings (SSSR count). The number of anilines is 1. The molecule has 0 radical (unpaired) electrons. The highest BCUT2D eigenvalue weighted by molar-refractivity contribution is 6.39. The Morgan fingerprint density at radius 3 is 2.57 bits per heavy atom. The maximum Gasteiger partial charge on any atom is 0.339 e. The van der Waals surface area contributed by atoms with E-state index in [0.717, 1.165) is 0 Å². The van der Waals surface area contributed by atoms with Gasteiger partial charge in [-0.15, -0.1) is 0 Å². The van der Waals surface area contributed by atoms with Gasteiger partial charge < -0.3 is 15.6 Å². The zero-order valence-corrected chi connectivity index (χ0v) is 8.69. The Morgan fingerprint density at radius 2 is 2.14 bits per heavy atom. The Labute approximate surface area is 90.2 Å². The third-order valence-electron chi connectivity index (χ3n) is 1.62. The minimum atomic E-state index is -1.22. The maximum absolute atomic E-state index is 10.8. The summed E-state index contributed by atoms with van der Waals surface area (Å²) in [6.45, 7) is 0. The van der Waals surface area contributed by atoms with E-state index in [1.54, 1.807) is 0 Å². The fourth-order valence-electron chi connectivity index (χ4n) is 1.02. The van der Waals surface area contributed by atoms with Crippen LogP contribution in [0.3, 0.4) is 0 Å². The van der Waals surface area contributed by atoms with Crippen molar-refractivity contribution in [2.24, 2.45) is 0 Å². The smallest absolute Gasteiger partial charge is 0.339 e. The number of rotatable bonds is 2. The summed E-state index contributed by atoms with van der Waals surface area (Å²) in [7, 11) is 1.34. The van der Waals surface area contributed by atoms with Crippen molar-refractivity contribution >= 4 is 34.9 Å². The number of methoxy groups -OCH3 is 1. The first-order valence-electron chi connectivity index (χ1n) is 3.53. The topological polar surface area (TPSA) is 72.5 Å². The van der Waals surface area contributed by atoms with Gasteiger partial charge in [-0.3, -0.25) is 0 Å². The predicted octanol–water partition coefficient (Wildman–Crippen LogP) is 2.28. The summed E-state index contributed by atoms with van der Waals surface area (Å²) in [6, 6.07) is 1.29. The molecule has 3 N–H and O–H groups in total. The molecule has 4 nitrogen and oxygen atoms in total. The quantitative estimate of drug-likeness (QED) is 0.772. The highest BCUT2D eigenvalue weighted by atomic mass is 35.5. The monoisotopic (exact) mass is 235 g/mol. The van der Waals surface area contributed by atoms with Crippen LogP contribution in [0.25, 0.3) is 0 Å². The molecule has 0 aliphatic rings. The van der Waals surface area contributed by atoms with E-state index in [0.29, 0.717) is 0 Å². The van der Waals surface area contributed by atoms with Gasteiger partial charge >= 0.3 is 5.97 Å². The number of hydrogen-bond donors (Lipinski definition) is 2. The summed E-state index contributed by atoms with van der Waals surface area (Å²) in [6.07, 6.45) is 0. The highest BCUT2D eigenvalue weighted by Crippen LogP contribution is 2.38. The molecule has 0 aromatic heterocycles. The van der Waals surface area contributed by atoms with E-state index in [1.807, 2.05) is 0 Å². The second-order valence-corrected chi connectivity index (χ2v) is 3.26. The highest BCUT2D eigenvalue weighted by Gasteiger charge is 2.19. The average Bonchev–Trinajstić information content (AvgIpc) is 2.02. The van der Waals surface area contributed by atoms with Gasteiger partial charge in [-0.05, 0) is 6.07 Å². The molecule has 0 bridgehead atoms. The van der Waals surface area contributed by atoms with Crippen LogP contribution in [0, 0.1) is 0 Å². The summed E-state index contributed by atoms with van der Waals surface area (Å²) in [5.41, 5.74) is 5.25. The Balaban J connectivity index is 3.52. The van der Waals surface area contributed by atoms with Crippen LogP contribution >= 0.6 is 23.2 Å². The Hall–Kier alpha value is -1.13. The van der Waals surface area contributed by atoms with E-state index in [4.69, 9.17) is 38.8 Å². The SMILES string of the molecule is COc1c(Cl)cc(N)c(C(=O)O)c1Cl. The second kappa shape index (κ2) is 3.94. The lowest BCUT2D eigenvalue weighted by Gasteiger charge is -2.10. The normalized spacial score (nSPS) is 9.93. The number of carboxylic acid groups (broad SMARTS) is 1. The zero-order valence-electron chi connectivity index (χ0n) is 7.17. The molecule has 1 aromatic carbocycles. The minimum Gasteiger partial charge on any atom is -0.494 e. The van der Waals surface area contributed by atoms with Gasteiger partial charge in [-0.25, -0.2) is 4.79 Å². The molecule has 0 amide bonds. The predicted molar refractivity (Wildman–Crippen MR) is 54.4 cm³/mol. The number of nitrogen functional groups attached to an aromatic ring is 1. The van der Waals surface area contributed by atoms with Crippen molar-refractivity contribution in [1.29, 1.82) is 0 Å². The van der Waals surface area contributed by atoms with Gasteiger partial charge in [-0.1, -0.05) is 23.2 Å². The van der Waals surface area contributed by atoms with Crippen LogP contribution < -0.4 is 10.5 Å². The van der Waals surface area contributed by atoms with Gasteiger partial charge in [0.1, 0.15) is 10.6 Å². The lowest BCUT2D eigenvalue weighted by atomic mass is 10.1. The number of carboxylic acids is 1. The van der Waals surface area contributed by atoms with Crippen molar-refractivity contribution in [2.75, 3.05) is 12.8 Å².